The van der Waals surface area contributed by atoms with Crippen molar-refractivity contribution in [3.8, 4) is 10.4 Å². The van der Waals surface area contributed by atoms with Crippen LogP contribution < -0.4 is 4.72 Å². The summed E-state index contributed by atoms with van der Waals surface area (Å²) in [6.45, 7) is 9.25. The van der Waals surface area contributed by atoms with Gasteiger partial charge in [-0.05, 0) is 56.7 Å². The molecule has 0 aliphatic rings. The monoisotopic (exact) mass is 481 g/mol. The zero-order valence-electron chi connectivity index (χ0n) is 18.0. The summed E-state index contributed by atoms with van der Waals surface area (Å²) in [4.78, 5) is 7.93. The Hall–Kier alpha value is -1.78. The average molecular weight is 482 g/mol. The second kappa shape index (κ2) is 10.7. The summed E-state index contributed by atoms with van der Waals surface area (Å²) in [6, 6.07) is 7.02. The average Bonchev–Trinajstić information content (AvgIpc) is 3.38. The highest BCUT2D eigenvalue weighted by Gasteiger charge is 2.20. The Morgan fingerprint density at radius 1 is 1.23 bits per heavy atom. The smallest absolute Gasteiger partial charge is 0.242 e. The number of halogens is 1. The van der Waals surface area contributed by atoms with Crippen molar-refractivity contribution in [2.24, 2.45) is 0 Å². The lowest BCUT2D eigenvalue weighted by molar-refractivity contribution is 0.300. The van der Waals surface area contributed by atoms with Crippen molar-refractivity contribution in [1.29, 1.82) is 0 Å². The van der Waals surface area contributed by atoms with Crippen molar-refractivity contribution in [3.05, 3.63) is 51.9 Å². The van der Waals surface area contributed by atoms with Gasteiger partial charge in [-0.3, -0.25) is 5.10 Å². The lowest BCUT2D eigenvalue weighted by atomic mass is 10.1. The molecule has 0 bridgehead atoms. The van der Waals surface area contributed by atoms with E-state index in [0.29, 0.717) is 13.0 Å². The molecule has 1 aromatic carbocycles. The van der Waals surface area contributed by atoms with Gasteiger partial charge in [-0.2, -0.15) is 5.10 Å². The molecule has 0 radical (unpaired) electrons. The SMILES string of the molecule is CCN(CC)CCCNS(=O)(=O)c1cc(-c2sc(Cc3ccn[nH]3)nc2C)ccc1Cl. The molecule has 0 amide bonds. The molecule has 3 aromatic rings. The number of thiazole rings is 1. The standard InChI is InChI=1S/C21H28ClN5O2S2/c1-4-27(5-2)12-6-10-24-31(28,29)19-13-16(7-8-18(19)22)21-15(3)25-20(30-21)14-17-9-11-23-26-17/h7-9,11,13,24H,4-6,10,12,14H2,1-3H3,(H,23,26). The highest BCUT2D eigenvalue weighted by molar-refractivity contribution is 7.89. The minimum absolute atomic E-state index is 0.0948. The summed E-state index contributed by atoms with van der Waals surface area (Å²) in [7, 11) is -3.71. The van der Waals surface area contributed by atoms with Gasteiger partial charge in [-0.25, -0.2) is 18.1 Å². The van der Waals surface area contributed by atoms with E-state index in [1.807, 2.05) is 19.1 Å². The third kappa shape index (κ3) is 6.14. The molecule has 168 valence electrons. The molecule has 10 heteroatoms. The highest BCUT2D eigenvalue weighted by atomic mass is 35.5. The minimum Gasteiger partial charge on any atom is -0.304 e. The lowest BCUT2D eigenvalue weighted by Gasteiger charge is -2.17. The van der Waals surface area contributed by atoms with Crippen molar-refractivity contribution >= 4 is 33.0 Å². The molecule has 3 rings (SSSR count). The molecule has 7 nitrogen and oxygen atoms in total. The third-order valence-corrected chi connectivity index (χ3v) is 8.21. The predicted molar refractivity (Wildman–Crippen MR) is 126 cm³/mol. The van der Waals surface area contributed by atoms with Gasteiger partial charge in [0.15, 0.2) is 0 Å². The lowest BCUT2D eigenvalue weighted by Crippen LogP contribution is -2.30. The Kier molecular flexibility index (Phi) is 8.23. The first-order chi connectivity index (χ1) is 14.8. The Morgan fingerprint density at radius 3 is 2.68 bits per heavy atom. The molecule has 2 aromatic heterocycles. The van der Waals surface area contributed by atoms with Gasteiger partial charge in [0.05, 0.1) is 20.6 Å². The second-order valence-electron chi connectivity index (χ2n) is 7.20. The number of hydrogen-bond acceptors (Lipinski definition) is 6. The van der Waals surface area contributed by atoms with Gasteiger partial charge in [-0.15, -0.1) is 11.3 Å². The van der Waals surface area contributed by atoms with Crippen LogP contribution in [0.1, 0.15) is 36.7 Å². The normalized spacial score (nSPS) is 12.0. The van der Waals surface area contributed by atoms with Crippen molar-refractivity contribution in [2.45, 2.75) is 38.5 Å². The zero-order valence-corrected chi connectivity index (χ0v) is 20.4. The van der Waals surface area contributed by atoms with E-state index in [2.05, 4.69) is 38.7 Å². The number of aromatic amines is 1. The van der Waals surface area contributed by atoms with Crippen LogP contribution in [0.5, 0.6) is 0 Å². The van der Waals surface area contributed by atoms with Crippen LogP contribution in [0.3, 0.4) is 0 Å². The molecule has 0 fully saturated rings. The largest absolute Gasteiger partial charge is 0.304 e. The van der Waals surface area contributed by atoms with E-state index >= 15 is 0 Å². The molecule has 2 N–H and O–H groups in total. The number of H-pyrrole nitrogens is 1. The summed E-state index contributed by atoms with van der Waals surface area (Å²) >= 11 is 7.81. The molecular formula is C21H28ClN5O2S2. The summed E-state index contributed by atoms with van der Waals surface area (Å²) in [5, 5.41) is 8.05. The van der Waals surface area contributed by atoms with Gasteiger partial charge < -0.3 is 4.90 Å². The summed E-state index contributed by atoms with van der Waals surface area (Å²) in [5.41, 5.74) is 2.63. The Morgan fingerprint density at radius 2 is 2.00 bits per heavy atom. The van der Waals surface area contributed by atoms with Crippen LogP contribution in [0, 0.1) is 6.92 Å². The van der Waals surface area contributed by atoms with Crippen molar-refractivity contribution in [2.75, 3.05) is 26.2 Å². The van der Waals surface area contributed by atoms with Crippen LogP contribution in [0.4, 0.5) is 0 Å². The topological polar surface area (TPSA) is 91.0 Å². The Balaban J connectivity index is 1.76. The molecule has 31 heavy (non-hydrogen) atoms. The van der Waals surface area contributed by atoms with Gasteiger partial charge in [0.25, 0.3) is 0 Å². The molecule has 0 unspecified atom stereocenters. The van der Waals surface area contributed by atoms with Crippen LogP contribution in [0.2, 0.25) is 5.02 Å². The van der Waals surface area contributed by atoms with Crippen LogP contribution in [0.15, 0.2) is 35.4 Å². The number of aromatic nitrogens is 3. The van der Waals surface area contributed by atoms with Crippen molar-refractivity contribution in [3.63, 3.8) is 0 Å². The van der Waals surface area contributed by atoms with E-state index in [-0.39, 0.29) is 9.92 Å². The van der Waals surface area contributed by atoms with E-state index in [0.717, 1.165) is 52.9 Å². The maximum absolute atomic E-state index is 12.9. The number of rotatable bonds is 11. The molecule has 2 heterocycles. The van der Waals surface area contributed by atoms with Crippen LogP contribution in [-0.4, -0.2) is 54.7 Å². The first kappa shape index (κ1) is 23.9. The van der Waals surface area contributed by atoms with Gasteiger partial charge in [-0.1, -0.05) is 31.5 Å². The summed E-state index contributed by atoms with van der Waals surface area (Å²) < 4.78 is 28.5. The maximum Gasteiger partial charge on any atom is 0.242 e. The second-order valence-corrected chi connectivity index (χ2v) is 10.4. The van der Waals surface area contributed by atoms with E-state index in [1.165, 1.54) is 0 Å². The first-order valence-corrected chi connectivity index (χ1v) is 13.0. The van der Waals surface area contributed by atoms with Gasteiger partial charge in [0.1, 0.15) is 4.90 Å². The van der Waals surface area contributed by atoms with Crippen LogP contribution in [0.25, 0.3) is 10.4 Å². The predicted octanol–water partition coefficient (Wildman–Crippen LogP) is 4.10. The summed E-state index contributed by atoms with van der Waals surface area (Å²) in [6.07, 6.45) is 3.10. The molecule has 0 saturated heterocycles. The molecule has 0 atom stereocenters. The van der Waals surface area contributed by atoms with E-state index in [4.69, 9.17) is 11.6 Å². The zero-order chi connectivity index (χ0) is 22.4. The number of benzene rings is 1. The van der Waals surface area contributed by atoms with Crippen LogP contribution in [-0.2, 0) is 16.4 Å². The van der Waals surface area contributed by atoms with Gasteiger partial charge in [0, 0.05) is 24.9 Å². The molecule has 0 spiro atoms. The number of nitrogens with zero attached hydrogens (tertiary/aromatic N) is 3. The molecular weight excluding hydrogens is 454 g/mol. The Labute approximate surface area is 192 Å². The van der Waals surface area contributed by atoms with E-state index in [9.17, 15) is 8.42 Å². The third-order valence-electron chi connectivity index (χ3n) is 5.06. The van der Waals surface area contributed by atoms with E-state index in [1.54, 1.807) is 29.7 Å². The quantitative estimate of drug-likeness (QED) is 0.402. The Bertz CT molecular complexity index is 1090. The number of aryl methyl sites for hydroxylation is 1. The van der Waals surface area contributed by atoms with Gasteiger partial charge in [0.2, 0.25) is 10.0 Å². The number of sulfonamides is 1. The number of nitrogens with one attached hydrogen (secondary N) is 2. The molecule has 0 aliphatic heterocycles. The maximum atomic E-state index is 12.9. The van der Waals surface area contributed by atoms with Gasteiger partial charge >= 0.3 is 0 Å². The van der Waals surface area contributed by atoms with Crippen molar-refractivity contribution < 1.29 is 8.42 Å². The fourth-order valence-corrected chi connectivity index (χ4v) is 6.00. The number of hydrogen-bond donors (Lipinski definition) is 2. The van der Waals surface area contributed by atoms with E-state index < -0.39 is 10.0 Å². The molecule has 0 aliphatic carbocycles. The fourth-order valence-electron chi connectivity index (χ4n) is 3.32. The minimum atomic E-state index is -3.71. The first-order valence-electron chi connectivity index (χ1n) is 10.3. The summed E-state index contributed by atoms with van der Waals surface area (Å²) in [5.74, 6) is 0. The fraction of sp³-hybridized carbons (Fsp3) is 0.429. The molecule has 0 saturated carbocycles. The van der Waals surface area contributed by atoms with Crippen LogP contribution >= 0.6 is 22.9 Å². The highest BCUT2D eigenvalue weighted by Crippen LogP contribution is 2.34. The van der Waals surface area contributed by atoms with Crippen molar-refractivity contribution in [1.82, 2.24) is 24.8 Å².